The van der Waals surface area contributed by atoms with Crippen molar-refractivity contribution in [2.75, 3.05) is 0 Å². The molecule has 0 heterocycles. The SMILES string of the molecule is CCC[C@H](NC(=O)CCCCCCCCCCCCCCC(=O)O)C(=O)O. The van der Waals surface area contributed by atoms with E-state index in [1.165, 1.54) is 38.5 Å². The van der Waals surface area contributed by atoms with Gasteiger partial charge in [-0.15, -0.1) is 0 Å². The third kappa shape index (κ3) is 17.6. The maximum atomic E-state index is 11.8. The number of carboxylic acid groups (broad SMARTS) is 2. The van der Waals surface area contributed by atoms with Gasteiger partial charge >= 0.3 is 11.9 Å². The Morgan fingerprint density at radius 3 is 1.48 bits per heavy atom. The highest BCUT2D eigenvalue weighted by Gasteiger charge is 2.18. The van der Waals surface area contributed by atoms with Gasteiger partial charge in [0.05, 0.1) is 0 Å². The van der Waals surface area contributed by atoms with Crippen LogP contribution in [0.3, 0.4) is 0 Å². The number of carbonyl (C=O) groups excluding carboxylic acids is 1. The minimum absolute atomic E-state index is 0.154. The van der Waals surface area contributed by atoms with Crippen molar-refractivity contribution in [2.45, 2.75) is 116 Å². The predicted octanol–water partition coefficient (Wildman–Crippen LogP) is 4.90. The molecule has 27 heavy (non-hydrogen) atoms. The molecule has 0 unspecified atom stereocenters. The van der Waals surface area contributed by atoms with E-state index in [0.29, 0.717) is 19.3 Å². The van der Waals surface area contributed by atoms with Crippen LogP contribution < -0.4 is 5.32 Å². The normalized spacial score (nSPS) is 11.9. The largest absolute Gasteiger partial charge is 0.481 e. The number of carbonyl (C=O) groups is 3. The molecule has 6 heteroatoms. The minimum Gasteiger partial charge on any atom is -0.481 e. The number of carboxylic acids is 2. The third-order valence-electron chi connectivity index (χ3n) is 4.76. The van der Waals surface area contributed by atoms with Crippen molar-refractivity contribution in [1.82, 2.24) is 5.32 Å². The van der Waals surface area contributed by atoms with Crippen LogP contribution in [0.15, 0.2) is 0 Å². The zero-order valence-corrected chi connectivity index (χ0v) is 17.0. The van der Waals surface area contributed by atoms with Crippen LogP contribution in [0.25, 0.3) is 0 Å². The van der Waals surface area contributed by atoms with E-state index in [9.17, 15) is 14.4 Å². The van der Waals surface area contributed by atoms with Gasteiger partial charge in [0.2, 0.25) is 5.91 Å². The van der Waals surface area contributed by atoms with Crippen LogP contribution in [0.4, 0.5) is 0 Å². The summed E-state index contributed by atoms with van der Waals surface area (Å²) in [6.07, 6.45) is 15.2. The van der Waals surface area contributed by atoms with Gasteiger partial charge in [0, 0.05) is 12.8 Å². The first-order valence-electron chi connectivity index (χ1n) is 10.7. The molecule has 0 aromatic carbocycles. The lowest BCUT2D eigenvalue weighted by atomic mass is 10.0. The summed E-state index contributed by atoms with van der Waals surface area (Å²) in [5, 5.41) is 20.2. The second-order valence-corrected chi connectivity index (χ2v) is 7.38. The van der Waals surface area contributed by atoms with Gasteiger partial charge in [-0.05, 0) is 19.3 Å². The van der Waals surface area contributed by atoms with E-state index in [-0.39, 0.29) is 5.91 Å². The van der Waals surface area contributed by atoms with Crippen molar-refractivity contribution in [1.29, 1.82) is 0 Å². The van der Waals surface area contributed by atoms with Crippen LogP contribution in [0.1, 0.15) is 110 Å². The number of rotatable bonds is 19. The van der Waals surface area contributed by atoms with E-state index >= 15 is 0 Å². The molecule has 6 nitrogen and oxygen atoms in total. The predicted molar refractivity (Wildman–Crippen MR) is 107 cm³/mol. The molecule has 3 N–H and O–H groups in total. The van der Waals surface area contributed by atoms with Crippen molar-refractivity contribution in [3.63, 3.8) is 0 Å². The monoisotopic (exact) mass is 385 g/mol. The van der Waals surface area contributed by atoms with Crippen LogP contribution in [-0.4, -0.2) is 34.1 Å². The topological polar surface area (TPSA) is 104 Å². The first kappa shape index (κ1) is 25.4. The van der Waals surface area contributed by atoms with E-state index < -0.39 is 18.0 Å². The molecular formula is C21H39NO5. The van der Waals surface area contributed by atoms with Gasteiger partial charge in [-0.3, -0.25) is 9.59 Å². The summed E-state index contributed by atoms with van der Waals surface area (Å²) < 4.78 is 0. The van der Waals surface area contributed by atoms with Gasteiger partial charge in [0.25, 0.3) is 0 Å². The molecule has 1 atom stereocenters. The second-order valence-electron chi connectivity index (χ2n) is 7.38. The molecule has 0 saturated carbocycles. The van der Waals surface area contributed by atoms with Gasteiger partial charge in [0.1, 0.15) is 6.04 Å². The van der Waals surface area contributed by atoms with Crippen LogP contribution in [0.2, 0.25) is 0 Å². The number of nitrogens with one attached hydrogen (secondary N) is 1. The summed E-state index contributed by atoms with van der Waals surface area (Å²) in [7, 11) is 0. The van der Waals surface area contributed by atoms with Gasteiger partial charge in [-0.25, -0.2) is 4.79 Å². The maximum Gasteiger partial charge on any atom is 0.326 e. The van der Waals surface area contributed by atoms with Gasteiger partial charge in [0.15, 0.2) is 0 Å². The van der Waals surface area contributed by atoms with Crippen molar-refractivity contribution in [3.05, 3.63) is 0 Å². The minimum atomic E-state index is -0.953. The summed E-state index contributed by atoms with van der Waals surface area (Å²) in [6.45, 7) is 1.91. The molecule has 0 aliphatic rings. The Bertz CT molecular complexity index is 411. The molecule has 0 aliphatic heterocycles. The van der Waals surface area contributed by atoms with Gasteiger partial charge < -0.3 is 15.5 Å². The molecule has 0 radical (unpaired) electrons. The summed E-state index contributed by atoms with van der Waals surface area (Å²) in [6, 6.07) is -0.750. The van der Waals surface area contributed by atoms with Crippen LogP contribution in [0.5, 0.6) is 0 Å². The average molecular weight is 386 g/mol. The number of aliphatic carboxylic acids is 2. The highest BCUT2D eigenvalue weighted by Crippen LogP contribution is 2.13. The van der Waals surface area contributed by atoms with Crippen molar-refractivity contribution in [3.8, 4) is 0 Å². The summed E-state index contributed by atoms with van der Waals surface area (Å²) in [5.74, 6) is -1.80. The maximum absolute atomic E-state index is 11.8. The standard InChI is InChI=1S/C21H39NO5/c1-2-15-18(21(26)27)22-19(23)16-13-11-9-7-5-3-4-6-8-10-12-14-17-20(24)25/h18H,2-17H2,1H3,(H,22,23)(H,24,25)(H,26,27)/t18-/m0/s1. The lowest BCUT2D eigenvalue weighted by molar-refractivity contribution is -0.142. The molecule has 0 rings (SSSR count). The number of unbranched alkanes of at least 4 members (excludes halogenated alkanes) is 11. The smallest absolute Gasteiger partial charge is 0.326 e. The van der Waals surface area contributed by atoms with E-state index in [4.69, 9.17) is 10.2 Å². The number of hydrogen-bond donors (Lipinski definition) is 3. The van der Waals surface area contributed by atoms with E-state index in [1.54, 1.807) is 0 Å². The molecule has 158 valence electrons. The Morgan fingerprint density at radius 2 is 1.11 bits per heavy atom. The van der Waals surface area contributed by atoms with E-state index in [2.05, 4.69) is 5.32 Å². The summed E-state index contributed by atoms with van der Waals surface area (Å²) in [5.41, 5.74) is 0. The first-order chi connectivity index (χ1) is 13.0. The molecule has 0 aromatic rings. The summed E-state index contributed by atoms with van der Waals surface area (Å²) in [4.78, 5) is 33.1. The number of hydrogen-bond acceptors (Lipinski definition) is 3. The Kier molecular flexibility index (Phi) is 16.8. The fourth-order valence-corrected chi connectivity index (χ4v) is 3.14. The molecule has 0 spiro atoms. The van der Waals surface area contributed by atoms with Crippen molar-refractivity contribution in [2.24, 2.45) is 0 Å². The highest BCUT2D eigenvalue weighted by atomic mass is 16.4. The van der Waals surface area contributed by atoms with Crippen molar-refractivity contribution >= 4 is 17.8 Å². The Labute approximate surface area is 164 Å². The lowest BCUT2D eigenvalue weighted by Crippen LogP contribution is -2.40. The molecule has 0 fully saturated rings. The number of amides is 1. The molecule has 0 aromatic heterocycles. The van der Waals surface area contributed by atoms with Crippen LogP contribution in [0, 0.1) is 0 Å². The molecule has 0 bridgehead atoms. The molecule has 0 aliphatic carbocycles. The average Bonchev–Trinajstić information content (AvgIpc) is 2.61. The zero-order valence-electron chi connectivity index (χ0n) is 17.0. The summed E-state index contributed by atoms with van der Waals surface area (Å²) >= 11 is 0. The molecule has 0 saturated heterocycles. The van der Waals surface area contributed by atoms with E-state index in [1.807, 2.05) is 6.92 Å². The van der Waals surface area contributed by atoms with Crippen molar-refractivity contribution < 1.29 is 24.6 Å². The Balaban J connectivity index is 3.36. The van der Waals surface area contributed by atoms with Crippen LogP contribution >= 0.6 is 0 Å². The fraction of sp³-hybridized carbons (Fsp3) is 0.857. The Morgan fingerprint density at radius 1 is 0.704 bits per heavy atom. The highest BCUT2D eigenvalue weighted by molar-refractivity contribution is 5.83. The molecule has 1 amide bonds. The van der Waals surface area contributed by atoms with E-state index in [0.717, 1.165) is 44.9 Å². The first-order valence-corrected chi connectivity index (χ1v) is 10.7. The third-order valence-corrected chi connectivity index (χ3v) is 4.76. The fourth-order valence-electron chi connectivity index (χ4n) is 3.14. The second kappa shape index (κ2) is 17.8. The van der Waals surface area contributed by atoms with Gasteiger partial charge in [-0.2, -0.15) is 0 Å². The quantitative estimate of drug-likeness (QED) is 0.274. The lowest BCUT2D eigenvalue weighted by Gasteiger charge is -2.13. The Hall–Kier alpha value is -1.59. The van der Waals surface area contributed by atoms with Gasteiger partial charge in [-0.1, -0.05) is 77.6 Å². The zero-order chi connectivity index (χ0) is 20.3. The van der Waals surface area contributed by atoms with Crippen LogP contribution in [-0.2, 0) is 14.4 Å². The molecular weight excluding hydrogens is 346 g/mol.